The number of rotatable bonds is 6. The third-order valence-corrected chi connectivity index (χ3v) is 3.79. The molecule has 1 fully saturated rings. The fourth-order valence-electron chi connectivity index (χ4n) is 2.49. The number of benzene rings is 1. The van der Waals surface area contributed by atoms with E-state index in [4.69, 9.17) is 4.74 Å². The maximum absolute atomic E-state index is 5.36. The summed E-state index contributed by atoms with van der Waals surface area (Å²) in [5.41, 5.74) is 1.27. The molecule has 0 aliphatic carbocycles. The van der Waals surface area contributed by atoms with E-state index < -0.39 is 0 Å². The summed E-state index contributed by atoms with van der Waals surface area (Å²) >= 11 is 0. The summed E-state index contributed by atoms with van der Waals surface area (Å²) < 4.78 is 5.36. The van der Waals surface area contributed by atoms with Gasteiger partial charge in [-0.25, -0.2) is 0 Å². The van der Waals surface area contributed by atoms with Crippen LogP contribution in [-0.4, -0.2) is 57.8 Å². The molecule has 1 aromatic rings. The first-order chi connectivity index (χ1) is 9.31. The van der Waals surface area contributed by atoms with E-state index in [2.05, 4.69) is 34.7 Å². The largest absolute Gasteiger partial charge is 0.496 e. The first kappa shape index (κ1) is 14.3. The predicted octanol–water partition coefficient (Wildman–Crippen LogP) is 0.731. The second-order valence-corrected chi connectivity index (χ2v) is 5.10. The number of likely N-dealkylation sites (N-methyl/N-ethyl adjacent to an activating group) is 1. The van der Waals surface area contributed by atoms with E-state index in [9.17, 15) is 0 Å². The number of hydrogen-bond donors (Lipinski definition) is 2. The molecule has 0 bridgehead atoms. The highest BCUT2D eigenvalue weighted by Crippen LogP contribution is 2.17. The molecule has 2 rings (SSSR count). The van der Waals surface area contributed by atoms with Gasteiger partial charge in [0.15, 0.2) is 0 Å². The lowest BCUT2D eigenvalue weighted by atomic mass is 10.1. The van der Waals surface area contributed by atoms with Crippen molar-refractivity contribution in [3.8, 4) is 5.75 Å². The molecule has 0 radical (unpaired) electrons. The number of methoxy groups -OCH3 is 1. The lowest BCUT2D eigenvalue weighted by molar-refractivity contribution is 0.196. The van der Waals surface area contributed by atoms with Crippen LogP contribution in [0.25, 0.3) is 0 Å². The van der Waals surface area contributed by atoms with Crippen LogP contribution in [0.4, 0.5) is 0 Å². The molecule has 2 N–H and O–H groups in total. The number of para-hydroxylation sites is 1. The van der Waals surface area contributed by atoms with Gasteiger partial charge in [-0.2, -0.15) is 0 Å². The smallest absolute Gasteiger partial charge is 0.122 e. The molecule has 0 amide bonds. The lowest BCUT2D eigenvalue weighted by Crippen LogP contribution is -2.53. The molecule has 1 aromatic carbocycles. The topological polar surface area (TPSA) is 36.5 Å². The Morgan fingerprint density at radius 1 is 1.42 bits per heavy atom. The van der Waals surface area contributed by atoms with E-state index in [1.54, 1.807) is 7.11 Å². The van der Waals surface area contributed by atoms with Gasteiger partial charge in [0.25, 0.3) is 0 Å². The molecule has 0 aromatic heterocycles. The quantitative estimate of drug-likeness (QED) is 0.742. The minimum absolute atomic E-state index is 0.603. The van der Waals surface area contributed by atoms with Crippen molar-refractivity contribution in [1.82, 2.24) is 15.5 Å². The van der Waals surface area contributed by atoms with Crippen LogP contribution >= 0.6 is 0 Å². The molecule has 4 nitrogen and oxygen atoms in total. The normalized spacial score (nSPS) is 20.4. The van der Waals surface area contributed by atoms with Crippen LogP contribution in [0.15, 0.2) is 24.3 Å². The molecule has 1 saturated heterocycles. The first-order valence-electron chi connectivity index (χ1n) is 7.05. The van der Waals surface area contributed by atoms with Gasteiger partial charge in [0.2, 0.25) is 0 Å². The summed E-state index contributed by atoms with van der Waals surface area (Å²) in [6.45, 7) is 5.36. The number of ether oxygens (including phenoxy) is 1. The van der Waals surface area contributed by atoms with E-state index in [1.807, 2.05) is 12.1 Å². The summed E-state index contributed by atoms with van der Waals surface area (Å²) in [4.78, 5) is 2.42. The zero-order chi connectivity index (χ0) is 13.5. The second kappa shape index (κ2) is 7.48. The Kier molecular flexibility index (Phi) is 5.63. The molecule has 1 unspecified atom stereocenters. The average molecular weight is 263 g/mol. The van der Waals surface area contributed by atoms with E-state index in [1.165, 1.54) is 5.56 Å². The van der Waals surface area contributed by atoms with Gasteiger partial charge in [-0.05, 0) is 31.6 Å². The standard InChI is InChI=1S/C15H25N3O/c1-18-10-9-17-12-14(18)11-16-8-7-13-5-3-4-6-15(13)19-2/h3-6,14,16-17H,7-12H2,1-2H3. The highest BCUT2D eigenvalue weighted by molar-refractivity contribution is 5.33. The van der Waals surface area contributed by atoms with Crippen molar-refractivity contribution in [3.05, 3.63) is 29.8 Å². The fourth-order valence-corrected chi connectivity index (χ4v) is 2.49. The number of nitrogens with zero attached hydrogens (tertiary/aromatic N) is 1. The van der Waals surface area contributed by atoms with Crippen LogP contribution < -0.4 is 15.4 Å². The van der Waals surface area contributed by atoms with Crippen LogP contribution in [0.1, 0.15) is 5.56 Å². The summed E-state index contributed by atoms with van der Waals surface area (Å²) in [6, 6.07) is 8.84. The Morgan fingerprint density at radius 2 is 2.26 bits per heavy atom. The average Bonchev–Trinajstić information content (AvgIpc) is 2.45. The maximum Gasteiger partial charge on any atom is 0.122 e. The van der Waals surface area contributed by atoms with E-state index in [0.717, 1.165) is 44.9 Å². The number of hydrogen-bond acceptors (Lipinski definition) is 4. The van der Waals surface area contributed by atoms with Crippen molar-refractivity contribution in [2.75, 3.05) is 46.9 Å². The van der Waals surface area contributed by atoms with Crippen molar-refractivity contribution in [2.24, 2.45) is 0 Å². The maximum atomic E-state index is 5.36. The molecule has 0 saturated carbocycles. The lowest BCUT2D eigenvalue weighted by Gasteiger charge is -2.33. The number of nitrogens with one attached hydrogen (secondary N) is 2. The SMILES string of the molecule is COc1ccccc1CCNCC1CNCCN1C. The monoisotopic (exact) mass is 263 g/mol. The van der Waals surface area contributed by atoms with Gasteiger partial charge in [0.05, 0.1) is 7.11 Å². The zero-order valence-electron chi connectivity index (χ0n) is 12.0. The van der Waals surface area contributed by atoms with Gasteiger partial charge >= 0.3 is 0 Å². The van der Waals surface area contributed by atoms with Gasteiger partial charge in [-0.1, -0.05) is 18.2 Å². The van der Waals surface area contributed by atoms with Gasteiger partial charge < -0.3 is 15.4 Å². The Hall–Kier alpha value is -1.10. The van der Waals surface area contributed by atoms with Crippen LogP contribution in [0.5, 0.6) is 5.75 Å². The first-order valence-corrected chi connectivity index (χ1v) is 7.05. The highest BCUT2D eigenvalue weighted by Gasteiger charge is 2.17. The summed E-state index contributed by atoms with van der Waals surface area (Å²) in [7, 11) is 3.93. The molecule has 4 heteroatoms. The molecule has 1 aliphatic rings. The van der Waals surface area contributed by atoms with Gasteiger partial charge in [0, 0.05) is 32.2 Å². The predicted molar refractivity (Wildman–Crippen MR) is 78.9 cm³/mol. The Balaban J connectivity index is 1.71. The van der Waals surface area contributed by atoms with Crippen molar-refractivity contribution in [1.29, 1.82) is 0 Å². The molecule has 1 atom stereocenters. The van der Waals surface area contributed by atoms with Crippen molar-refractivity contribution < 1.29 is 4.74 Å². The van der Waals surface area contributed by atoms with Crippen molar-refractivity contribution >= 4 is 0 Å². The molecular weight excluding hydrogens is 238 g/mol. The van der Waals surface area contributed by atoms with E-state index in [-0.39, 0.29) is 0 Å². The third-order valence-electron chi connectivity index (χ3n) is 3.79. The van der Waals surface area contributed by atoms with Crippen LogP contribution in [-0.2, 0) is 6.42 Å². The highest BCUT2D eigenvalue weighted by atomic mass is 16.5. The molecule has 1 heterocycles. The molecule has 19 heavy (non-hydrogen) atoms. The van der Waals surface area contributed by atoms with Crippen LogP contribution in [0.2, 0.25) is 0 Å². The Bertz CT molecular complexity index is 383. The summed E-state index contributed by atoms with van der Waals surface area (Å²) in [6.07, 6.45) is 1.01. The van der Waals surface area contributed by atoms with E-state index in [0.29, 0.717) is 6.04 Å². The van der Waals surface area contributed by atoms with Crippen molar-refractivity contribution in [3.63, 3.8) is 0 Å². The molecule has 106 valence electrons. The van der Waals surface area contributed by atoms with Gasteiger partial charge in [-0.15, -0.1) is 0 Å². The van der Waals surface area contributed by atoms with Crippen LogP contribution in [0.3, 0.4) is 0 Å². The second-order valence-electron chi connectivity index (χ2n) is 5.10. The molecule has 1 aliphatic heterocycles. The summed E-state index contributed by atoms with van der Waals surface area (Å²) in [5.74, 6) is 0.987. The van der Waals surface area contributed by atoms with Gasteiger partial charge in [0.1, 0.15) is 5.75 Å². The molecule has 0 spiro atoms. The Labute approximate surface area is 116 Å². The Morgan fingerprint density at radius 3 is 3.05 bits per heavy atom. The minimum atomic E-state index is 0.603. The minimum Gasteiger partial charge on any atom is -0.496 e. The molecular formula is C15H25N3O. The summed E-state index contributed by atoms with van der Waals surface area (Å²) in [5, 5.41) is 6.99. The fraction of sp³-hybridized carbons (Fsp3) is 0.600. The van der Waals surface area contributed by atoms with Crippen molar-refractivity contribution in [2.45, 2.75) is 12.5 Å². The van der Waals surface area contributed by atoms with Crippen LogP contribution in [0, 0.1) is 0 Å². The van der Waals surface area contributed by atoms with Gasteiger partial charge in [-0.3, -0.25) is 4.90 Å². The zero-order valence-corrected chi connectivity index (χ0v) is 12.0. The third kappa shape index (κ3) is 4.20. The van der Waals surface area contributed by atoms with E-state index >= 15 is 0 Å². The number of piperazine rings is 1.